The average molecular weight is 269 g/mol. The first-order valence-electron chi connectivity index (χ1n) is 5.96. The van der Waals surface area contributed by atoms with Gasteiger partial charge in [0.1, 0.15) is 6.54 Å². The summed E-state index contributed by atoms with van der Waals surface area (Å²) in [6, 6.07) is 9.68. The third kappa shape index (κ3) is 2.20. The number of pyridine rings is 1. The molecule has 2 heterocycles. The number of fused-ring (bicyclic) bond motifs is 1. The Morgan fingerprint density at radius 2 is 2.20 bits per heavy atom. The summed E-state index contributed by atoms with van der Waals surface area (Å²) in [5, 5.41) is 12.3. The number of hydrogen-bond acceptors (Lipinski definition) is 6. The molecule has 0 N–H and O–H groups in total. The van der Waals surface area contributed by atoms with Gasteiger partial charge in [-0.1, -0.05) is 18.2 Å². The van der Waals surface area contributed by atoms with Gasteiger partial charge in [-0.2, -0.15) is 0 Å². The molecule has 100 valence electrons. The van der Waals surface area contributed by atoms with E-state index in [2.05, 4.69) is 25.2 Å². The average Bonchev–Trinajstić information content (AvgIpc) is 2.94. The number of nitrogens with zero attached hydrogens (tertiary/aromatic N) is 5. The molecule has 0 amide bonds. The molecule has 3 aromatic rings. The van der Waals surface area contributed by atoms with Crippen LogP contribution in [0.15, 0.2) is 36.5 Å². The Morgan fingerprint density at radius 3 is 3.05 bits per heavy atom. The maximum atomic E-state index is 11.3. The normalized spacial score (nSPS) is 10.7. The van der Waals surface area contributed by atoms with E-state index in [0.29, 0.717) is 5.82 Å². The molecule has 7 heteroatoms. The molecule has 7 nitrogen and oxygen atoms in total. The Balaban J connectivity index is 2.02. The van der Waals surface area contributed by atoms with Crippen molar-refractivity contribution >= 4 is 16.9 Å². The Kier molecular flexibility index (Phi) is 3.08. The quantitative estimate of drug-likeness (QED) is 0.661. The Labute approximate surface area is 114 Å². The fourth-order valence-corrected chi connectivity index (χ4v) is 1.90. The number of hydrogen-bond donors (Lipinski definition) is 0. The van der Waals surface area contributed by atoms with Crippen molar-refractivity contribution in [3.8, 4) is 11.4 Å². The van der Waals surface area contributed by atoms with Gasteiger partial charge in [0, 0.05) is 17.1 Å². The maximum absolute atomic E-state index is 11.3. The highest BCUT2D eigenvalue weighted by Crippen LogP contribution is 2.20. The third-order valence-corrected chi connectivity index (χ3v) is 2.89. The molecule has 0 atom stereocenters. The Hall–Kier alpha value is -2.83. The van der Waals surface area contributed by atoms with E-state index in [4.69, 9.17) is 0 Å². The topological polar surface area (TPSA) is 82.8 Å². The van der Waals surface area contributed by atoms with Crippen LogP contribution in [0.2, 0.25) is 0 Å². The van der Waals surface area contributed by atoms with E-state index < -0.39 is 5.97 Å². The van der Waals surface area contributed by atoms with Gasteiger partial charge in [0.25, 0.3) is 0 Å². The molecule has 0 spiro atoms. The van der Waals surface area contributed by atoms with Crippen LogP contribution < -0.4 is 0 Å². The Morgan fingerprint density at radius 1 is 1.35 bits per heavy atom. The largest absolute Gasteiger partial charge is 0.468 e. The predicted octanol–water partition coefficient (Wildman–Crippen LogP) is 1.06. The number of para-hydroxylation sites is 1. The highest BCUT2D eigenvalue weighted by Gasteiger charge is 2.13. The number of methoxy groups -OCH3 is 1. The summed E-state index contributed by atoms with van der Waals surface area (Å²) < 4.78 is 6.00. The molecule has 2 aromatic heterocycles. The molecule has 0 bridgehead atoms. The zero-order valence-corrected chi connectivity index (χ0v) is 10.7. The minimum Gasteiger partial charge on any atom is -0.468 e. The van der Waals surface area contributed by atoms with E-state index >= 15 is 0 Å². The second-order valence-corrected chi connectivity index (χ2v) is 4.15. The van der Waals surface area contributed by atoms with Crippen LogP contribution in [0.25, 0.3) is 22.3 Å². The van der Waals surface area contributed by atoms with Gasteiger partial charge in [-0.15, -0.1) is 5.10 Å². The van der Waals surface area contributed by atoms with Crippen LogP contribution in [0.4, 0.5) is 0 Å². The van der Waals surface area contributed by atoms with Crippen LogP contribution in [-0.2, 0) is 16.1 Å². The van der Waals surface area contributed by atoms with Crippen molar-refractivity contribution in [2.75, 3.05) is 7.11 Å². The molecule has 1 aromatic carbocycles. The molecule has 0 aliphatic heterocycles. The SMILES string of the molecule is COC(=O)Cn1nnnc1-c1cnc2ccccc2c1. The molecule has 0 unspecified atom stereocenters. The van der Waals surface area contributed by atoms with Crippen molar-refractivity contribution in [3.63, 3.8) is 0 Å². The zero-order valence-electron chi connectivity index (χ0n) is 10.7. The summed E-state index contributed by atoms with van der Waals surface area (Å²) in [5.41, 5.74) is 1.64. The van der Waals surface area contributed by atoms with Gasteiger partial charge < -0.3 is 4.74 Å². The standard InChI is InChI=1S/C13H11N5O2/c1-20-12(19)8-18-13(15-16-17-18)10-6-9-4-2-3-5-11(9)14-7-10/h2-7H,8H2,1H3. The van der Waals surface area contributed by atoms with E-state index in [9.17, 15) is 4.79 Å². The highest BCUT2D eigenvalue weighted by atomic mass is 16.5. The molecule has 0 saturated heterocycles. The summed E-state index contributed by atoms with van der Waals surface area (Å²) in [4.78, 5) is 15.7. The number of tetrazole rings is 1. The summed E-state index contributed by atoms with van der Waals surface area (Å²) >= 11 is 0. The predicted molar refractivity (Wildman–Crippen MR) is 70.6 cm³/mol. The second-order valence-electron chi connectivity index (χ2n) is 4.15. The van der Waals surface area contributed by atoms with Crippen LogP contribution in [0.5, 0.6) is 0 Å². The van der Waals surface area contributed by atoms with Crippen LogP contribution >= 0.6 is 0 Å². The number of ether oxygens (including phenoxy) is 1. The molecular formula is C13H11N5O2. The molecule has 3 rings (SSSR count). The highest BCUT2D eigenvalue weighted by molar-refractivity contribution is 5.82. The first-order chi connectivity index (χ1) is 9.78. The molecule has 0 radical (unpaired) electrons. The van der Waals surface area contributed by atoms with Crippen molar-refractivity contribution in [2.24, 2.45) is 0 Å². The number of carbonyl (C=O) groups is 1. The van der Waals surface area contributed by atoms with Crippen molar-refractivity contribution in [1.82, 2.24) is 25.2 Å². The fourth-order valence-electron chi connectivity index (χ4n) is 1.90. The van der Waals surface area contributed by atoms with Crippen LogP contribution in [0, 0.1) is 0 Å². The molecule has 0 saturated carbocycles. The lowest BCUT2D eigenvalue weighted by atomic mass is 10.1. The third-order valence-electron chi connectivity index (χ3n) is 2.89. The summed E-state index contributed by atoms with van der Waals surface area (Å²) in [5.74, 6) is 0.0703. The monoisotopic (exact) mass is 269 g/mol. The lowest BCUT2D eigenvalue weighted by Gasteiger charge is -2.04. The Bertz CT molecular complexity index is 768. The van der Waals surface area contributed by atoms with Crippen LogP contribution in [-0.4, -0.2) is 38.3 Å². The van der Waals surface area contributed by atoms with E-state index in [0.717, 1.165) is 16.5 Å². The van der Waals surface area contributed by atoms with Crippen molar-refractivity contribution in [3.05, 3.63) is 36.5 Å². The summed E-state index contributed by atoms with van der Waals surface area (Å²) in [6.45, 7) is -0.0361. The lowest BCUT2D eigenvalue weighted by molar-refractivity contribution is -0.141. The van der Waals surface area contributed by atoms with Crippen LogP contribution in [0.3, 0.4) is 0 Å². The van der Waals surface area contributed by atoms with Gasteiger partial charge in [-0.3, -0.25) is 9.78 Å². The molecular weight excluding hydrogens is 258 g/mol. The van der Waals surface area contributed by atoms with Gasteiger partial charge in [-0.05, 0) is 22.6 Å². The number of benzene rings is 1. The summed E-state index contributed by atoms with van der Waals surface area (Å²) in [7, 11) is 1.32. The van der Waals surface area contributed by atoms with E-state index in [1.54, 1.807) is 6.20 Å². The number of rotatable bonds is 3. The smallest absolute Gasteiger partial charge is 0.327 e. The zero-order chi connectivity index (χ0) is 13.9. The second kappa shape index (κ2) is 5.04. The van der Waals surface area contributed by atoms with Crippen molar-refractivity contribution in [1.29, 1.82) is 0 Å². The van der Waals surface area contributed by atoms with E-state index in [1.807, 2.05) is 30.3 Å². The van der Waals surface area contributed by atoms with Crippen molar-refractivity contribution in [2.45, 2.75) is 6.54 Å². The van der Waals surface area contributed by atoms with Crippen molar-refractivity contribution < 1.29 is 9.53 Å². The number of esters is 1. The molecule has 20 heavy (non-hydrogen) atoms. The molecule has 0 fully saturated rings. The first-order valence-corrected chi connectivity index (χ1v) is 5.96. The van der Waals surface area contributed by atoms with Crippen LogP contribution in [0.1, 0.15) is 0 Å². The van der Waals surface area contributed by atoms with Gasteiger partial charge in [0.05, 0.1) is 12.6 Å². The van der Waals surface area contributed by atoms with E-state index in [-0.39, 0.29) is 6.54 Å². The first kappa shape index (κ1) is 12.2. The molecule has 0 aliphatic rings. The van der Waals surface area contributed by atoms with Gasteiger partial charge in [-0.25, -0.2) is 4.68 Å². The fraction of sp³-hybridized carbons (Fsp3) is 0.154. The van der Waals surface area contributed by atoms with Gasteiger partial charge >= 0.3 is 5.97 Å². The molecule has 0 aliphatic carbocycles. The maximum Gasteiger partial charge on any atom is 0.327 e. The number of aromatic nitrogens is 5. The summed E-state index contributed by atoms with van der Waals surface area (Å²) in [6.07, 6.45) is 1.68. The van der Waals surface area contributed by atoms with Gasteiger partial charge in [0.2, 0.25) is 0 Å². The minimum absolute atomic E-state index is 0.0361. The van der Waals surface area contributed by atoms with Gasteiger partial charge in [0.15, 0.2) is 5.82 Å². The minimum atomic E-state index is -0.410. The van der Waals surface area contributed by atoms with E-state index in [1.165, 1.54) is 11.8 Å². The lowest BCUT2D eigenvalue weighted by Crippen LogP contribution is -2.14. The number of carbonyl (C=O) groups excluding carboxylic acids is 1.